The van der Waals surface area contributed by atoms with Crippen LogP contribution in [0.25, 0.3) is 0 Å². The number of hydrogen-bond acceptors (Lipinski definition) is 3. The van der Waals surface area contributed by atoms with E-state index in [0.29, 0.717) is 6.54 Å². The highest BCUT2D eigenvalue weighted by atomic mass is 16.3. The molecule has 4 heteroatoms. The molecule has 1 fully saturated rings. The van der Waals surface area contributed by atoms with E-state index < -0.39 is 0 Å². The van der Waals surface area contributed by atoms with Gasteiger partial charge in [-0.05, 0) is 31.0 Å². The molecule has 98 valence electrons. The average molecular weight is 248 g/mol. The standard InChI is InChI=1S/C14H20N2O2/c1-10-13(5-6-15-10)14(18)16-8-11-3-2-4-12(7-11)9-17/h2-4,7,10,13,15,17H,5-6,8-9H2,1H3,(H,16,18). The summed E-state index contributed by atoms with van der Waals surface area (Å²) in [5.41, 5.74) is 1.89. The molecule has 0 spiro atoms. The topological polar surface area (TPSA) is 61.4 Å². The van der Waals surface area contributed by atoms with Gasteiger partial charge in [0.15, 0.2) is 0 Å². The number of aliphatic hydroxyl groups excluding tert-OH is 1. The predicted molar refractivity (Wildman–Crippen MR) is 69.8 cm³/mol. The maximum atomic E-state index is 12.0. The highest BCUT2D eigenvalue weighted by Crippen LogP contribution is 2.15. The summed E-state index contributed by atoms with van der Waals surface area (Å²) in [6, 6.07) is 7.89. The maximum Gasteiger partial charge on any atom is 0.224 e. The van der Waals surface area contributed by atoms with Gasteiger partial charge >= 0.3 is 0 Å². The Bertz CT molecular complexity index is 420. The van der Waals surface area contributed by atoms with Crippen molar-refractivity contribution in [1.29, 1.82) is 0 Å². The van der Waals surface area contributed by atoms with E-state index in [1.807, 2.05) is 31.2 Å². The van der Waals surface area contributed by atoms with Gasteiger partial charge in [0.25, 0.3) is 0 Å². The summed E-state index contributed by atoms with van der Waals surface area (Å²) in [4.78, 5) is 12.0. The Kier molecular flexibility index (Phi) is 4.33. The lowest BCUT2D eigenvalue weighted by atomic mass is 10.0. The zero-order valence-electron chi connectivity index (χ0n) is 10.6. The summed E-state index contributed by atoms with van der Waals surface area (Å²) in [7, 11) is 0. The third kappa shape index (κ3) is 3.09. The molecule has 2 unspecified atom stereocenters. The fraction of sp³-hybridized carbons (Fsp3) is 0.500. The molecule has 18 heavy (non-hydrogen) atoms. The van der Waals surface area contributed by atoms with Crippen molar-refractivity contribution in [2.75, 3.05) is 6.54 Å². The molecule has 1 aromatic carbocycles. The molecule has 1 saturated heterocycles. The van der Waals surface area contributed by atoms with Crippen LogP contribution in [-0.2, 0) is 17.9 Å². The van der Waals surface area contributed by atoms with Gasteiger partial charge in [0, 0.05) is 12.6 Å². The van der Waals surface area contributed by atoms with Gasteiger partial charge in [-0.15, -0.1) is 0 Å². The quantitative estimate of drug-likeness (QED) is 0.738. The molecule has 1 amide bonds. The molecule has 1 aliphatic rings. The molecule has 0 aliphatic carbocycles. The molecule has 1 heterocycles. The molecule has 1 aliphatic heterocycles. The number of benzene rings is 1. The summed E-state index contributed by atoms with van der Waals surface area (Å²) in [6.07, 6.45) is 0.906. The molecule has 0 bridgehead atoms. The van der Waals surface area contributed by atoms with Crippen molar-refractivity contribution in [3.05, 3.63) is 35.4 Å². The molecule has 2 rings (SSSR count). The summed E-state index contributed by atoms with van der Waals surface area (Å²) in [5, 5.41) is 15.3. The summed E-state index contributed by atoms with van der Waals surface area (Å²) < 4.78 is 0. The average Bonchev–Trinajstić information content (AvgIpc) is 2.82. The second-order valence-corrected chi connectivity index (χ2v) is 4.83. The fourth-order valence-electron chi connectivity index (χ4n) is 2.38. The number of rotatable bonds is 4. The van der Waals surface area contributed by atoms with E-state index in [-0.39, 0.29) is 24.5 Å². The lowest BCUT2D eigenvalue weighted by molar-refractivity contribution is -0.125. The SMILES string of the molecule is CC1NCCC1C(=O)NCc1cccc(CO)c1. The molecule has 0 radical (unpaired) electrons. The molecule has 0 aromatic heterocycles. The van der Waals surface area contributed by atoms with E-state index in [0.717, 1.165) is 24.1 Å². The van der Waals surface area contributed by atoms with Crippen LogP contribution < -0.4 is 10.6 Å². The van der Waals surface area contributed by atoms with E-state index in [9.17, 15) is 4.79 Å². The lowest BCUT2D eigenvalue weighted by Gasteiger charge is -2.15. The lowest BCUT2D eigenvalue weighted by Crippen LogP contribution is -2.36. The molecular weight excluding hydrogens is 228 g/mol. The minimum Gasteiger partial charge on any atom is -0.392 e. The van der Waals surface area contributed by atoms with Gasteiger partial charge in [-0.25, -0.2) is 0 Å². The van der Waals surface area contributed by atoms with Gasteiger partial charge in [-0.2, -0.15) is 0 Å². The van der Waals surface area contributed by atoms with Gasteiger partial charge in [0.05, 0.1) is 12.5 Å². The van der Waals surface area contributed by atoms with E-state index in [4.69, 9.17) is 5.11 Å². The zero-order valence-corrected chi connectivity index (χ0v) is 10.6. The highest BCUT2D eigenvalue weighted by molar-refractivity contribution is 5.79. The third-order valence-electron chi connectivity index (χ3n) is 3.50. The van der Waals surface area contributed by atoms with Crippen molar-refractivity contribution < 1.29 is 9.90 Å². The summed E-state index contributed by atoms with van der Waals surface area (Å²) >= 11 is 0. The largest absolute Gasteiger partial charge is 0.392 e. The molecule has 0 saturated carbocycles. The monoisotopic (exact) mass is 248 g/mol. The van der Waals surface area contributed by atoms with Gasteiger partial charge in [0.1, 0.15) is 0 Å². The van der Waals surface area contributed by atoms with Crippen LogP contribution in [0, 0.1) is 5.92 Å². The number of nitrogens with one attached hydrogen (secondary N) is 2. The normalized spacial score (nSPS) is 23.0. The van der Waals surface area contributed by atoms with Crippen molar-refractivity contribution in [3.63, 3.8) is 0 Å². The van der Waals surface area contributed by atoms with Gasteiger partial charge < -0.3 is 15.7 Å². The van der Waals surface area contributed by atoms with Crippen LogP contribution in [0.1, 0.15) is 24.5 Å². The first-order valence-electron chi connectivity index (χ1n) is 6.40. The fourth-order valence-corrected chi connectivity index (χ4v) is 2.38. The first-order valence-corrected chi connectivity index (χ1v) is 6.40. The van der Waals surface area contributed by atoms with E-state index in [1.165, 1.54) is 0 Å². The Morgan fingerprint density at radius 1 is 1.50 bits per heavy atom. The second-order valence-electron chi connectivity index (χ2n) is 4.83. The first kappa shape index (κ1) is 13.1. The third-order valence-corrected chi connectivity index (χ3v) is 3.50. The van der Waals surface area contributed by atoms with E-state index in [2.05, 4.69) is 10.6 Å². The van der Waals surface area contributed by atoms with Crippen LogP contribution in [0.15, 0.2) is 24.3 Å². The Hall–Kier alpha value is -1.39. The Morgan fingerprint density at radius 2 is 2.28 bits per heavy atom. The van der Waals surface area contributed by atoms with Crippen LogP contribution in [0.2, 0.25) is 0 Å². The molecule has 3 N–H and O–H groups in total. The van der Waals surface area contributed by atoms with Crippen LogP contribution >= 0.6 is 0 Å². The first-order chi connectivity index (χ1) is 8.70. The number of carbonyl (C=O) groups excluding carboxylic acids is 1. The van der Waals surface area contributed by atoms with Crippen molar-refractivity contribution in [1.82, 2.24) is 10.6 Å². The summed E-state index contributed by atoms with van der Waals surface area (Å²) in [5.74, 6) is 0.188. The van der Waals surface area contributed by atoms with Crippen LogP contribution in [-0.4, -0.2) is 23.6 Å². The number of amides is 1. The Balaban J connectivity index is 1.88. The minimum absolute atomic E-state index is 0.0331. The molecular formula is C14H20N2O2. The van der Waals surface area contributed by atoms with Gasteiger partial charge in [-0.1, -0.05) is 24.3 Å². The molecule has 2 atom stereocenters. The highest BCUT2D eigenvalue weighted by Gasteiger charge is 2.28. The molecule has 1 aromatic rings. The van der Waals surface area contributed by atoms with E-state index in [1.54, 1.807) is 0 Å². The van der Waals surface area contributed by atoms with Crippen molar-refractivity contribution in [2.24, 2.45) is 5.92 Å². The molecule has 4 nitrogen and oxygen atoms in total. The van der Waals surface area contributed by atoms with Crippen molar-refractivity contribution in [2.45, 2.75) is 32.5 Å². The van der Waals surface area contributed by atoms with Crippen molar-refractivity contribution in [3.8, 4) is 0 Å². The maximum absolute atomic E-state index is 12.0. The predicted octanol–water partition coefficient (Wildman–Crippen LogP) is 0.793. The van der Waals surface area contributed by atoms with E-state index >= 15 is 0 Å². The number of carbonyl (C=O) groups is 1. The smallest absolute Gasteiger partial charge is 0.224 e. The Morgan fingerprint density at radius 3 is 2.94 bits per heavy atom. The number of aliphatic hydroxyl groups is 1. The minimum atomic E-state index is 0.0331. The van der Waals surface area contributed by atoms with Crippen molar-refractivity contribution >= 4 is 5.91 Å². The van der Waals surface area contributed by atoms with Gasteiger partial charge in [-0.3, -0.25) is 4.79 Å². The zero-order chi connectivity index (χ0) is 13.0. The Labute approximate surface area is 107 Å². The van der Waals surface area contributed by atoms with Gasteiger partial charge in [0.2, 0.25) is 5.91 Å². The van der Waals surface area contributed by atoms with Crippen LogP contribution in [0.3, 0.4) is 0 Å². The van der Waals surface area contributed by atoms with Crippen LogP contribution in [0.5, 0.6) is 0 Å². The second kappa shape index (κ2) is 5.98. The number of hydrogen-bond donors (Lipinski definition) is 3. The summed E-state index contributed by atoms with van der Waals surface area (Å²) in [6.45, 7) is 3.52. The van der Waals surface area contributed by atoms with Crippen LogP contribution in [0.4, 0.5) is 0 Å².